The van der Waals surface area contributed by atoms with Crippen molar-refractivity contribution >= 4 is 56.9 Å². The normalized spacial score (nSPS) is 13.2. The van der Waals surface area contributed by atoms with Crippen LogP contribution in [0.2, 0.25) is 4.34 Å². The van der Waals surface area contributed by atoms with Crippen molar-refractivity contribution in [2.45, 2.75) is 6.42 Å². The van der Waals surface area contributed by atoms with Crippen molar-refractivity contribution in [1.29, 1.82) is 0 Å². The van der Waals surface area contributed by atoms with Crippen molar-refractivity contribution in [3.8, 4) is 16.3 Å². The Balaban J connectivity index is 1.38. The van der Waals surface area contributed by atoms with Gasteiger partial charge in [0.25, 0.3) is 5.91 Å². The second-order valence-corrected chi connectivity index (χ2v) is 8.31. The van der Waals surface area contributed by atoms with E-state index in [0.717, 1.165) is 10.6 Å². The lowest BCUT2D eigenvalue weighted by Crippen LogP contribution is -2.40. The molecule has 0 saturated heterocycles. The zero-order valence-electron chi connectivity index (χ0n) is 14.0. The van der Waals surface area contributed by atoms with E-state index < -0.39 is 0 Å². The van der Waals surface area contributed by atoms with Gasteiger partial charge in [0.1, 0.15) is 5.75 Å². The number of para-hydroxylation sites is 2. The molecule has 9 heteroatoms. The monoisotopic (exact) mass is 419 g/mol. The minimum atomic E-state index is -0.197. The molecule has 2 aromatic heterocycles. The Bertz CT molecular complexity index is 1000. The van der Waals surface area contributed by atoms with Crippen LogP contribution in [0, 0.1) is 0 Å². The fourth-order valence-electron chi connectivity index (χ4n) is 2.69. The predicted molar refractivity (Wildman–Crippen MR) is 108 cm³/mol. The van der Waals surface area contributed by atoms with Crippen molar-refractivity contribution in [3.05, 3.63) is 46.1 Å². The van der Waals surface area contributed by atoms with E-state index >= 15 is 0 Å². The first-order valence-electron chi connectivity index (χ1n) is 8.13. The third kappa shape index (κ3) is 3.97. The van der Waals surface area contributed by atoms with Gasteiger partial charge in [-0.05, 0) is 24.3 Å². The molecule has 0 saturated carbocycles. The summed E-state index contributed by atoms with van der Waals surface area (Å²) in [4.78, 5) is 31.4. The molecule has 27 heavy (non-hydrogen) atoms. The van der Waals surface area contributed by atoms with Crippen LogP contribution in [0.25, 0.3) is 10.6 Å². The number of carbonyl (C=O) groups is 2. The van der Waals surface area contributed by atoms with Crippen LogP contribution in [0.4, 0.5) is 10.8 Å². The van der Waals surface area contributed by atoms with E-state index in [9.17, 15) is 9.59 Å². The van der Waals surface area contributed by atoms with E-state index in [1.54, 1.807) is 4.90 Å². The number of amides is 2. The molecule has 3 heterocycles. The minimum absolute atomic E-state index is 0.0160. The Hall–Kier alpha value is -2.42. The van der Waals surface area contributed by atoms with Gasteiger partial charge in [0.05, 0.1) is 20.6 Å². The Morgan fingerprint density at radius 3 is 2.96 bits per heavy atom. The quantitative estimate of drug-likeness (QED) is 0.670. The van der Waals surface area contributed by atoms with Crippen molar-refractivity contribution in [1.82, 2.24) is 4.98 Å². The van der Waals surface area contributed by atoms with Crippen LogP contribution in [-0.4, -0.2) is 29.9 Å². The van der Waals surface area contributed by atoms with Gasteiger partial charge in [-0.25, -0.2) is 4.98 Å². The van der Waals surface area contributed by atoms with Crippen LogP contribution in [0.1, 0.15) is 6.42 Å². The van der Waals surface area contributed by atoms with E-state index in [-0.39, 0.29) is 31.4 Å². The molecule has 1 aromatic carbocycles. The largest absolute Gasteiger partial charge is 0.482 e. The summed E-state index contributed by atoms with van der Waals surface area (Å²) in [6.45, 7) is 0.266. The highest BCUT2D eigenvalue weighted by Gasteiger charge is 2.25. The topological polar surface area (TPSA) is 71.5 Å². The molecular formula is C18H14ClN3O3S2. The maximum absolute atomic E-state index is 12.3. The molecular weight excluding hydrogens is 406 g/mol. The van der Waals surface area contributed by atoms with Crippen LogP contribution in [-0.2, 0) is 9.59 Å². The number of carbonyl (C=O) groups excluding carboxylic acids is 2. The molecule has 0 fully saturated rings. The summed E-state index contributed by atoms with van der Waals surface area (Å²) in [5.41, 5.74) is 1.47. The van der Waals surface area contributed by atoms with Gasteiger partial charge < -0.3 is 15.0 Å². The first-order valence-corrected chi connectivity index (χ1v) is 10.2. The summed E-state index contributed by atoms with van der Waals surface area (Å²) in [6, 6.07) is 11.0. The molecule has 138 valence electrons. The first kappa shape index (κ1) is 18.0. The predicted octanol–water partition coefficient (Wildman–Crippen LogP) is 4.28. The lowest BCUT2D eigenvalue weighted by atomic mass is 10.2. The fraction of sp³-hybridized carbons (Fsp3) is 0.167. The molecule has 0 bridgehead atoms. The molecule has 1 aliphatic heterocycles. The number of hydrogen-bond acceptors (Lipinski definition) is 6. The van der Waals surface area contributed by atoms with E-state index in [1.165, 1.54) is 22.7 Å². The second kappa shape index (κ2) is 7.67. The number of halogens is 1. The molecule has 1 aliphatic rings. The Morgan fingerprint density at radius 1 is 1.30 bits per heavy atom. The van der Waals surface area contributed by atoms with Crippen molar-refractivity contribution in [2.75, 3.05) is 23.4 Å². The zero-order chi connectivity index (χ0) is 18.8. The van der Waals surface area contributed by atoms with Crippen LogP contribution in [0.5, 0.6) is 5.75 Å². The smallest absolute Gasteiger partial charge is 0.265 e. The lowest BCUT2D eigenvalue weighted by molar-refractivity contribution is -0.121. The summed E-state index contributed by atoms with van der Waals surface area (Å²) in [6.07, 6.45) is 0.166. The maximum Gasteiger partial charge on any atom is 0.265 e. The molecule has 0 atom stereocenters. The van der Waals surface area contributed by atoms with Crippen molar-refractivity contribution in [2.24, 2.45) is 0 Å². The highest BCUT2D eigenvalue weighted by Crippen LogP contribution is 2.33. The van der Waals surface area contributed by atoms with Crippen LogP contribution >= 0.6 is 34.3 Å². The van der Waals surface area contributed by atoms with Crippen LogP contribution < -0.4 is 15.0 Å². The molecule has 1 N–H and O–H groups in total. The molecule has 3 aromatic rings. The molecule has 2 amide bonds. The van der Waals surface area contributed by atoms with Gasteiger partial charge >= 0.3 is 0 Å². The lowest BCUT2D eigenvalue weighted by Gasteiger charge is -2.29. The average Bonchev–Trinajstić information content (AvgIpc) is 3.30. The third-order valence-corrected chi connectivity index (χ3v) is 5.96. The van der Waals surface area contributed by atoms with Gasteiger partial charge in [-0.15, -0.1) is 22.7 Å². The van der Waals surface area contributed by atoms with Crippen molar-refractivity contribution in [3.63, 3.8) is 0 Å². The van der Waals surface area contributed by atoms with Gasteiger partial charge in [-0.1, -0.05) is 23.7 Å². The Kier molecular flexibility index (Phi) is 5.11. The number of nitrogens with zero attached hydrogens (tertiary/aromatic N) is 2. The van der Waals surface area contributed by atoms with Crippen LogP contribution in [0.3, 0.4) is 0 Å². The molecule has 0 spiro atoms. The minimum Gasteiger partial charge on any atom is -0.482 e. The summed E-state index contributed by atoms with van der Waals surface area (Å²) in [5, 5.41) is 5.18. The zero-order valence-corrected chi connectivity index (χ0v) is 16.4. The van der Waals surface area contributed by atoms with Gasteiger partial charge in [0.15, 0.2) is 11.7 Å². The molecule has 4 rings (SSSR count). The number of aromatic nitrogens is 1. The third-order valence-electron chi connectivity index (χ3n) is 3.95. The number of anilines is 2. The van der Waals surface area contributed by atoms with Gasteiger partial charge in [-0.2, -0.15) is 0 Å². The molecule has 0 radical (unpaired) electrons. The Morgan fingerprint density at radius 2 is 2.15 bits per heavy atom. The average molecular weight is 420 g/mol. The number of fused-ring (bicyclic) bond motifs is 1. The number of hydrogen-bond donors (Lipinski definition) is 1. The van der Waals surface area contributed by atoms with Gasteiger partial charge in [0, 0.05) is 18.3 Å². The number of ether oxygens (including phenoxy) is 1. The van der Waals surface area contributed by atoms with E-state index in [4.69, 9.17) is 16.3 Å². The highest BCUT2D eigenvalue weighted by molar-refractivity contribution is 7.20. The van der Waals surface area contributed by atoms with Gasteiger partial charge in [-0.3, -0.25) is 9.59 Å². The van der Waals surface area contributed by atoms with E-state index in [2.05, 4.69) is 10.3 Å². The Labute approximate surface area is 168 Å². The van der Waals surface area contributed by atoms with Crippen molar-refractivity contribution < 1.29 is 14.3 Å². The SMILES string of the molecule is O=C(CCN1C(=O)COc2ccccc21)Nc1nc(-c2ccc(Cl)s2)cs1. The fourth-order valence-corrected chi connectivity index (χ4v) is 4.50. The number of nitrogens with one attached hydrogen (secondary N) is 1. The van der Waals surface area contributed by atoms with Gasteiger partial charge in [0.2, 0.25) is 5.91 Å². The number of thiazole rings is 1. The summed E-state index contributed by atoms with van der Waals surface area (Å²) in [7, 11) is 0. The summed E-state index contributed by atoms with van der Waals surface area (Å²) in [5.74, 6) is 0.293. The first-order chi connectivity index (χ1) is 13.1. The molecule has 6 nitrogen and oxygen atoms in total. The molecule has 0 unspecified atom stereocenters. The highest BCUT2D eigenvalue weighted by atomic mass is 35.5. The maximum atomic E-state index is 12.3. The summed E-state index contributed by atoms with van der Waals surface area (Å²) >= 11 is 8.74. The summed E-state index contributed by atoms with van der Waals surface area (Å²) < 4.78 is 6.10. The number of rotatable bonds is 5. The van der Waals surface area contributed by atoms with Crippen LogP contribution in [0.15, 0.2) is 41.8 Å². The second-order valence-electron chi connectivity index (χ2n) is 5.74. The van der Waals surface area contributed by atoms with E-state index in [1.807, 2.05) is 41.8 Å². The standard InChI is InChI=1S/C18H14ClN3O3S2/c19-15-6-5-14(27-15)11-10-26-18(20-11)21-16(23)7-8-22-12-3-1-2-4-13(12)25-9-17(22)24/h1-6,10H,7-9H2,(H,20,21,23). The van der Waals surface area contributed by atoms with E-state index in [0.29, 0.717) is 20.9 Å². The number of thiophene rings is 1. The number of benzene rings is 1. The molecule has 0 aliphatic carbocycles.